The Morgan fingerprint density at radius 2 is 2.17 bits per heavy atom. The lowest BCUT2D eigenvalue weighted by Gasteiger charge is -2.20. The van der Waals surface area contributed by atoms with E-state index in [0.717, 1.165) is 54.8 Å². The van der Waals surface area contributed by atoms with Crippen molar-refractivity contribution in [2.45, 2.75) is 25.8 Å². The van der Waals surface area contributed by atoms with E-state index in [4.69, 9.17) is 16.6 Å². The number of hydrogen-bond donors (Lipinski definition) is 2. The van der Waals surface area contributed by atoms with Crippen LogP contribution in [0.25, 0.3) is 5.65 Å². The predicted molar refractivity (Wildman–Crippen MR) is 136 cm³/mol. The minimum absolute atomic E-state index is 0. The van der Waals surface area contributed by atoms with Crippen LogP contribution in [0.4, 0.5) is 5.69 Å². The van der Waals surface area contributed by atoms with E-state index in [1.165, 1.54) is 11.3 Å². The molecule has 1 saturated heterocycles. The number of nitrogens with one attached hydrogen (secondary N) is 2. The highest BCUT2D eigenvalue weighted by atomic mass is 127. The molecule has 160 valence electrons. The maximum absolute atomic E-state index is 6.13. The molecule has 0 spiro atoms. The van der Waals surface area contributed by atoms with Crippen molar-refractivity contribution >= 4 is 52.9 Å². The quantitative estimate of drug-likeness (QED) is 0.294. The van der Waals surface area contributed by atoms with E-state index >= 15 is 0 Å². The van der Waals surface area contributed by atoms with Gasteiger partial charge in [0.1, 0.15) is 5.65 Å². The summed E-state index contributed by atoms with van der Waals surface area (Å²) in [5, 5.41) is 7.73. The van der Waals surface area contributed by atoms with Crippen molar-refractivity contribution in [2.24, 2.45) is 4.99 Å². The molecule has 0 radical (unpaired) electrons. The fourth-order valence-electron chi connectivity index (χ4n) is 3.81. The van der Waals surface area contributed by atoms with Crippen LogP contribution < -0.4 is 15.5 Å². The molecule has 3 heterocycles. The van der Waals surface area contributed by atoms with Gasteiger partial charge in [0.15, 0.2) is 5.96 Å². The Bertz CT molecular complexity index is 1020. The summed E-state index contributed by atoms with van der Waals surface area (Å²) < 4.78 is 2.08. The van der Waals surface area contributed by atoms with E-state index in [1.807, 2.05) is 37.5 Å². The number of pyridine rings is 1. The number of imidazole rings is 1. The van der Waals surface area contributed by atoms with Crippen LogP contribution >= 0.6 is 35.6 Å². The molecule has 6 nitrogen and oxygen atoms in total. The SMILES string of the molecule is CN=C(NCCc1cn2cccc(C)c2n1)NC1CCN(c2cccc(Cl)c2)C1.I. The standard InChI is InChI=1S/C22H27ClN6.HI/c1-16-5-4-11-29-15-18(26-21(16)29)8-10-25-22(24-2)27-19-9-12-28(14-19)20-7-3-6-17(23)13-20;/h3-7,11,13,15,19H,8-10,12,14H2,1-2H3,(H2,24,25,27);1H. The van der Waals surface area contributed by atoms with Crippen molar-refractivity contribution in [3.8, 4) is 0 Å². The molecule has 4 rings (SSSR count). The van der Waals surface area contributed by atoms with E-state index < -0.39 is 0 Å². The van der Waals surface area contributed by atoms with Gasteiger partial charge in [0.25, 0.3) is 0 Å². The molecule has 0 saturated carbocycles. The minimum atomic E-state index is 0. The average molecular weight is 539 g/mol. The van der Waals surface area contributed by atoms with Gasteiger partial charge in [-0.2, -0.15) is 0 Å². The molecular weight excluding hydrogens is 511 g/mol. The topological polar surface area (TPSA) is 57.0 Å². The molecular formula is C22H28ClIN6. The number of aliphatic imine (C=N–C) groups is 1. The van der Waals surface area contributed by atoms with Crippen molar-refractivity contribution in [3.63, 3.8) is 0 Å². The van der Waals surface area contributed by atoms with Crippen molar-refractivity contribution in [2.75, 3.05) is 31.6 Å². The maximum Gasteiger partial charge on any atom is 0.191 e. The number of nitrogens with zero attached hydrogens (tertiary/aromatic N) is 4. The van der Waals surface area contributed by atoms with Crippen LogP contribution in [0.3, 0.4) is 0 Å². The second-order valence-corrected chi connectivity index (χ2v) is 7.90. The first-order chi connectivity index (χ1) is 14.1. The average Bonchev–Trinajstić information content (AvgIpc) is 3.35. The lowest BCUT2D eigenvalue weighted by atomic mass is 10.2. The number of benzene rings is 1. The van der Waals surface area contributed by atoms with Gasteiger partial charge in [0, 0.05) is 62.2 Å². The smallest absolute Gasteiger partial charge is 0.191 e. The molecule has 0 aliphatic carbocycles. The lowest BCUT2D eigenvalue weighted by molar-refractivity contribution is 0.648. The Kier molecular flexibility index (Phi) is 7.82. The van der Waals surface area contributed by atoms with Gasteiger partial charge >= 0.3 is 0 Å². The largest absolute Gasteiger partial charge is 0.369 e. The number of anilines is 1. The third-order valence-electron chi connectivity index (χ3n) is 5.33. The summed E-state index contributed by atoms with van der Waals surface area (Å²) in [5.41, 5.74) is 4.47. The second kappa shape index (κ2) is 10.3. The Morgan fingerprint density at radius 1 is 1.30 bits per heavy atom. The minimum Gasteiger partial charge on any atom is -0.369 e. The van der Waals surface area contributed by atoms with E-state index in [2.05, 4.69) is 50.2 Å². The van der Waals surface area contributed by atoms with Crippen molar-refractivity contribution in [1.29, 1.82) is 0 Å². The molecule has 8 heteroatoms. The first kappa shape index (κ1) is 22.7. The van der Waals surface area contributed by atoms with E-state index in [9.17, 15) is 0 Å². The van der Waals surface area contributed by atoms with E-state index in [1.54, 1.807) is 0 Å². The summed E-state index contributed by atoms with van der Waals surface area (Å²) in [5.74, 6) is 0.836. The fraction of sp³-hybridized carbons (Fsp3) is 0.364. The van der Waals surface area contributed by atoms with E-state index in [-0.39, 0.29) is 24.0 Å². The number of hydrogen-bond acceptors (Lipinski definition) is 3. The first-order valence-electron chi connectivity index (χ1n) is 10.0. The zero-order valence-electron chi connectivity index (χ0n) is 17.3. The first-order valence-corrected chi connectivity index (χ1v) is 10.4. The summed E-state index contributed by atoms with van der Waals surface area (Å²) >= 11 is 6.13. The molecule has 1 fully saturated rings. The Balaban J connectivity index is 0.00000256. The Labute approximate surface area is 199 Å². The predicted octanol–water partition coefficient (Wildman–Crippen LogP) is 3.90. The van der Waals surface area contributed by atoms with Crippen LogP contribution in [-0.2, 0) is 6.42 Å². The van der Waals surface area contributed by atoms with Crippen LogP contribution in [0.1, 0.15) is 17.7 Å². The second-order valence-electron chi connectivity index (χ2n) is 7.46. The van der Waals surface area contributed by atoms with Gasteiger partial charge in [-0.1, -0.05) is 23.7 Å². The number of fused-ring (bicyclic) bond motifs is 1. The van der Waals surface area contributed by atoms with Crippen LogP contribution in [0.2, 0.25) is 5.02 Å². The van der Waals surface area contributed by atoms with Crippen molar-refractivity contribution in [3.05, 3.63) is 65.1 Å². The van der Waals surface area contributed by atoms with Gasteiger partial charge in [0.2, 0.25) is 0 Å². The zero-order chi connectivity index (χ0) is 20.2. The van der Waals surface area contributed by atoms with Crippen LogP contribution in [0, 0.1) is 6.92 Å². The van der Waals surface area contributed by atoms with Crippen LogP contribution in [0.15, 0.2) is 53.8 Å². The third kappa shape index (κ3) is 5.37. The van der Waals surface area contributed by atoms with Gasteiger partial charge in [-0.3, -0.25) is 4.99 Å². The molecule has 1 aliphatic heterocycles. The highest BCUT2D eigenvalue weighted by molar-refractivity contribution is 14.0. The molecule has 30 heavy (non-hydrogen) atoms. The Morgan fingerprint density at radius 3 is 2.93 bits per heavy atom. The fourth-order valence-corrected chi connectivity index (χ4v) is 3.99. The van der Waals surface area contributed by atoms with Gasteiger partial charge in [0.05, 0.1) is 5.69 Å². The number of guanidine groups is 1. The summed E-state index contributed by atoms with van der Waals surface area (Å²) in [6.07, 6.45) is 6.05. The number of aromatic nitrogens is 2. The summed E-state index contributed by atoms with van der Waals surface area (Å²) in [4.78, 5) is 11.5. The summed E-state index contributed by atoms with van der Waals surface area (Å²) in [6, 6.07) is 12.5. The lowest BCUT2D eigenvalue weighted by Crippen LogP contribution is -2.45. The molecule has 3 aromatic rings. The molecule has 1 atom stereocenters. The molecule has 1 aliphatic rings. The number of rotatable bonds is 5. The van der Waals surface area contributed by atoms with Gasteiger partial charge in [-0.25, -0.2) is 4.98 Å². The molecule has 1 unspecified atom stereocenters. The normalized spacial score (nSPS) is 16.6. The number of aryl methyl sites for hydroxylation is 1. The van der Waals surface area contributed by atoms with Crippen molar-refractivity contribution < 1.29 is 0 Å². The monoisotopic (exact) mass is 538 g/mol. The summed E-state index contributed by atoms with van der Waals surface area (Å²) in [6.45, 7) is 4.82. The molecule has 2 aromatic heterocycles. The molecule has 0 amide bonds. The highest BCUT2D eigenvalue weighted by Crippen LogP contribution is 2.23. The number of halogens is 2. The van der Waals surface area contributed by atoms with Crippen molar-refractivity contribution in [1.82, 2.24) is 20.0 Å². The maximum atomic E-state index is 6.13. The molecule has 2 N–H and O–H groups in total. The van der Waals surface area contributed by atoms with Gasteiger partial charge < -0.3 is 19.9 Å². The van der Waals surface area contributed by atoms with Crippen LogP contribution in [-0.4, -0.2) is 48.1 Å². The highest BCUT2D eigenvalue weighted by Gasteiger charge is 2.23. The Hall–Kier alpha value is -2.00. The van der Waals surface area contributed by atoms with Gasteiger partial charge in [-0.05, 0) is 43.2 Å². The molecule has 0 bridgehead atoms. The molecule has 1 aromatic carbocycles. The third-order valence-corrected chi connectivity index (χ3v) is 5.56. The van der Waals surface area contributed by atoms with Gasteiger partial charge in [-0.15, -0.1) is 24.0 Å². The zero-order valence-corrected chi connectivity index (χ0v) is 20.4. The van der Waals surface area contributed by atoms with Crippen LogP contribution in [0.5, 0.6) is 0 Å². The van der Waals surface area contributed by atoms with E-state index in [0.29, 0.717) is 6.04 Å². The summed E-state index contributed by atoms with van der Waals surface area (Å²) in [7, 11) is 1.81.